The van der Waals surface area contributed by atoms with Crippen molar-refractivity contribution in [1.82, 2.24) is 19.6 Å². The zero-order chi connectivity index (χ0) is 18.8. The molecular formula is C16H13BrCl2FN5O. The standard InChI is InChI=1S/C16H13BrCl2FN5O/c1-9-13(19)5-21-25(9)8-15(26)22-16-11(17)7-24(23-16)6-10-12(18)3-2-4-14(10)20/h2-5,7H,6,8H2,1H3,(H,22,23,26). The monoisotopic (exact) mass is 459 g/mol. The average molecular weight is 461 g/mol. The van der Waals surface area contributed by atoms with Crippen molar-refractivity contribution >= 4 is 50.9 Å². The van der Waals surface area contributed by atoms with Crippen molar-refractivity contribution in [3.63, 3.8) is 0 Å². The van der Waals surface area contributed by atoms with E-state index in [9.17, 15) is 9.18 Å². The van der Waals surface area contributed by atoms with Crippen LogP contribution < -0.4 is 5.32 Å². The van der Waals surface area contributed by atoms with Crippen LogP contribution in [0.5, 0.6) is 0 Å². The van der Waals surface area contributed by atoms with Gasteiger partial charge in [-0.2, -0.15) is 10.2 Å². The number of rotatable bonds is 5. The maximum Gasteiger partial charge on any atom is 0.247 e. The molecule has 0 unspecified atom stereocenters. The Morgan fingerprint density at radius 1 is 1.35 bits per heavy atom. The second-order valence-corrected chi connectivity index (χ2v) is 7.18. The Kier molecular flexibility index (Phi) is 5.64. The maximum atomic E-state index is 13.9. The highest BCUT2D eigenvalue weighted by Crippen LogP contribution is 2.24. The fraction of sp³-hybridized carbons (Fsp3) is 0.188. The summed E-state index contributed by atoms with van der Waals surface area (Å²) < 4.78 is 17.4. The molecule has 0 spiro atoms. The van der Waals surface area contributed by atoms with Gasteiger partial charge in [-0.05, 0) is 35.0 Å². The van der Waals surface area contributed by atoms with Gasteiger partial charge in [0, 0.05) is 16.8 Å². The molecule has 2 aromatic heterocycles. The van der Waals surface area contributed by atoms with Gasteiger partial charge < -0.3 is 5.32 Å². The van der Waals surface area contributed by atoms with Crippen LogP contribution >= 0.6 is 39.1 Å². The topological polar surface area (TPSA) is 64.7 Å². The number of benzene rings is 1. The van der Waals surface area contributed by atoms with E-state index in [-0.39, 0.29) is 19.0 Å². The zero-order valence-corrected chi connectivity index (χ0v) is 16.6. The summed E-state index contributed by atoms with van der Waals surface area (Å²) in [5.74, 6) is -0.415. The summed E-state index contributed by atoms with van der Waals surface area (Å²) >= 11 is 15.3. The van der Waals surface area contributed by atoms with Gasteiger partial charge in [0.1, 0.15) is 12.4 Å². The third kappa shape index (κ3) is 4.08. The number of nitrogens with one attached hydrogen (secondary N) is 1. The Balaban J connectivity index is 1.72. The summed E-state index contributed by atoms with van der Waals surface area (Å²) in [6, 6.07) is 4.48. The van der Waals surface area contributed by atoms with Gasteiger partial charge >= 0.3 is 0 Å². The second kappa shape index (κ2) is 7.77. The van der Waals surface area contributed by atoms with Gasteiger partial charge in [0.2, 0.25) is 5.91 Å². The number of amides is 1. The molecule has 0 aliphatic carbocycles. The number of anilines is 1. The summed E-state index contributed by atoms with van der Waals surface area (Å²) in [5, 5.41) is 11.8. The first-order valence-corrected chi connectivity index (χ1v) is 9.03. The molecule has 0 radical (unpaired) electrons. The summed E-state index contributed by atoms with van der Waals surface area (Å²) in [5.41, 5.74) is 1.02. The predicted molar refractivity (Wildman–Crippen MR) is 101 cm³/mol. The molecule has 136 valence electrons. The van der Waals surface area contributed by atoms with Crippen LogP contribution in [0.4, 0.5) is 10.2 Å². The lowest BCUT2D eigenvalue weighted by Gasteiger charge is -2.06. The lowest BCUT2D eigenvalue weighted by Crippen LogP contribution is -2.20. The quantitative estimate of drug-likeness (QED) is 0.617. The Morgan fingerprint density at radius 3 is 2.77 bits per heavy atom. The molecule has 10 heteroatoms. The van der Waals surface area contributed by atoms with Crippen molar-refractivity contribution in [3.05, 3.63) is 62.2 Å². The third-order valence-electron chi connectivity index (χ3n) is 3.69. The van der Waals surface area contributed by atoms with E-state index in [4.69, 9.17) is 23.2 Å². The third-order valence-corrected chi connectivity index (χ3v) is 5.00. The fourth-order valence-electron chi connectivity index (χ4n) is 2.30. The number of nitrogens with zero attached hydrogens (tertiary/aromatic N) is 4. The Morgan fingerprint density at radius 2 is 2.12 bits per heavy atom. The normalized spacial score (nSPS) is 11.0. The molecule has 1 N–H and O–H groups in total. The van der Waals surface area contributed by atoms with Crippen LogP contribution in [0.25, 0.3) is 0 Å². The van der Waals surface area contributed by atoms with E-state index < -0.39 is 5.82 Å². The highest BCUT2D eigenvalue weighted by atomic mass is 79.9. The van der Waals surface area contributed by atoms with Gasteiger partial charge in [-0.1, -0.05) is 29.3 Å². The first-order chi connectivity index (χ1) is 12.3. The number of carbonyl (C=O) groups is 1. The van der Waals surface area contributed by atoms with Crippen LogP contribution in [0.3, 0.4) is 0 Å². The van der Waals surface area contributed by atoms with Gasteiger partial charge in [0.05, 0.1) is 27.9 Å². The van der Waals surface area contributed by atoms with E-state index in [2.05, 4.69) is 31.4 Å². The summed E-state index contributed by atoms with van der Waals surface area (Å²) in [6.07, 6.45) is 3.11. The highest BCUT2D eigenvalue weighted by Gasteiger charge is 2.15. The minimum atomic E-state index is -0.416. The highest BCUT2D eigenvalue weighted by molar-refractivity contribution is 9.10. The Bertz CT molecular complexity index is 951. The van der Waals surface area contributed by atoms with Gasteiger partial charge in [0.25, 0.3) is 0 Å². The second-order valence-electron chi connectivity index (χ2n) is 5.51. The number of hydrogen-bond donors (Lipinski definition) is 1. The van der Waals surface area contributed by atoms with Crippen molar-refractivity contribution < 1.29 is 9.18 Å². The maximum absolute atomic E-state index is 13.9. The molecule has 0 saturated carbocycles. The Labute approximate surface area is 167 Å². The molecule has 3 aromatic rings. The molecule has 1 aromatic carbocycles. The summed E-state index contributed by atoms with van der Waals surface area (Å²) in [7, 11) is 0. The lowest BCUT2D eigenvalue weighted by molar-refractivity contribution is -0.117. The van der Waals surface area contributed by atoms with Crippen LogP contribution in [-0.4, -0.2) is 25.5 Å². The molecule has 0 saturated heterocycles. The van der Waals surface area contributed by atoms with Gasteiger partial charge in [-0.3, -0.25) is 14.2 Å². The van der Waals surface area contributed by atoms with Crippen molar-refractivity contribution in [3.8, 4) is 0 Å². The van der Waals surface area contributed by atoms with Crippen LogP contribution in [0.2, 0.25) is 10.0 Å². The molecule has 0 aliphatic heterocycles. The minimum absolute atomic E-state index is 0.00298. The number of halogens is 4. The van der Waals surface area contributed by atoms with Crippen LogP contribution in [0, 0.1) is 12.7 Å². The van der Waals surface area contributed by atoms with E-state index in [1.54, 1.807) is 19.2 Å². The van der Waals surface area contributed by atoms with Gasteiger partial charge in [0.15, 0.2) is 5.82 Å². The molecule has 0 atom stereocenters. The molecule has 6 nitrogen and oxygen atoms in total. The van der Waals surface area contributed by atoms with Gasteiger partial charge in [-0.15, -0.1) is 0 Å². The number of aromatic nitrogens is 4. The predicted octanol–water partition coefficient (Wildman–Crippen LogP) is 4.28. The average Bonchev–Trinajstić information content (AvgIpc) is 3.08. The number of carbonyl (C=O) groups excluding carboxylic acids is 1. The molecule has 0 bridgehead atoms. The van der Waals surface area contributed by atoms with Gasteiger partial charge in [-0.25, -0.2) is 4.39 Å². The fourth-order valence-corrected chi connectivity index (χ4v) is 3.08. The zero-order valence-electron chi connectivity index (χ0n) is 13.5. The largest absolute Gasteiger partial charge is 0.307 e. The molecular weight excluding hydrogens is 448 g/mol. The Hall–Kier alpha value is -1.90. The van der Waals surface area contributed by atoms with Crippen LogP contribution in [0.1, 0.15) is 11.3 Å². The van der Waals surface area contributed by atoms with E-state index in [1.807, 2.05) is 0 Å². The van der Waals surface area contributed by atoms with Crippen molar-refractivity contribution in [2.24, 2.45) is 0 Å². The molecule has 3 rings (SSSR count). The van der Waals surface area contributed by atoms with Crippen molar-refractivity contribution in [1.29, 1.82) is 0 Å². The lowest BCUT2D eigenvalue weighted by atomic mass is 10.2. The van der Waals surface area contributed by atoms with Crippen LogP contribution in [-0.2, 0) is 17.9 Å². The molecule has 26 heavy (non-hydrogen) atoms. The van der Waals surface area contributed by atoms with Crippen molar-refractivity contribution in [2.45, 2.75) is 20.0 Å². The minimum Gasteiger partial charge on any atom is -0.307 e. The molecule has 0 fully saturated rings. The van der Waals surface area contributed by atoms with Crippen molar-refractivity contribution in [2.75, 3.05) is 5.32 Å². The van der Waals surface area contributed by atoms with E-state index in [1.165, 1.54) is 27.7 Å². The van der Waals surface area contributed by atoms with E-state index >= 15 is 0 Å². The van der Waals surface area contributed by atoms with E-state index in [0.29, 0.717) is 31.6 Å². The first kappa shape index (κ1) is 18.9. The summed E-state index contributed by atoms with van der Waals surface area (Å²) in [4.78, 5) is 12.2. The first-order valence-electron chi connectivity index (χ1n) is 7.48. The smallest absolute Gasteiger partial charge is 0.247 e. The molecule has 1 amide bonds. The number of hydrogen-bond acceptors (Lipinski definition) is 3. The van der Waals surface area contributed by atoms with E-state index in [0.717, 1.165) is 0 Å². The summed E-state index contributed by atoms with van der Waals surface area (Å²) in [6.45, 7) is 1.90. The SMILES string of the molecule is Cc1c(Cl)cnn1CC(=O)Nc1nn(Cc2c(F)cccc2Cl)cc1Br. The molecule has 0 aliphatic rings. The van der Waals surface area contributed by atoms with Crippen LogP contribution in [0.15, 0.2) is 35.1 Å². The molecule has 2 heterocycles.